The van der Waals surface area contributed by atoms with Crippen LogP contribution in [0.1, 0.15) is 31.6 Å². The summed E-state index contributed by atoms with van der Waals surface area (Å²) in [6, 6.07) is 4.40. The Morgan fingerprint density at radius 1 is 1.33 bits per heavy atom. The van der Waals surface area contributed by atoms with Gasteiger partial charge in [0.25, 0.3) is 5.91 Å². The maximum absolute atomic E-state index is 13.4. The average molecular weight is 382 g/mol. The van der Waals surface area contributed by atoms with Crippen molar-refractivity contribution in [1.82, 2.24) is 9.97 Å². The van der Waals surface area contributed by atoms with E-state index in [0.29, 0.717) is 22.1 Å². The summed E-state index contributed by atoms with van der Waals surface area (Å²) in [4.78, 5) is 21.6. The Morgan fingerprint density at radius 2 is 2.12 bits per heavy atom. The summed E-state index contributed by atoms with van der Waals surface area (Å²) in [6.45, 7) is 3.67. The first kappa shape index (κ1) is 17.0. The van der Waals surface area contributed by atoms with E-state index in [1.54, 1.807) is 11.6 Å². The molecule has 0 atom stereocenters. The molecule has 8 heteroatoms. The number of hydrogen-bond donors (Lipinski definition) is 1. The highest BCUT2D eigenvalue weighted by Gasteiger charge is 2.16. The van der Waals surface area contributed by atoms with E-state index in [-0.39, 0.29) is 11.7 Å². The first-order valence-corrected chi connectivity index (χ1v) is 9.12. The Hall–Kier alpha value is -1.83. The maximum atomic E-state index is 13.4. The number of thiazole rings is 2. The third-order valence-electron chi connectivity index (χ3n) is 3.31. The van der Waals surface area contributed by atoms with Crippen LogP contribution in [0.5, 0.6) is 0 Å². The predicted molar refractivity (Wildman–Crippen MR) is 95.9 cm³/mol. The van der Waals surface area contributed by atoms with Crippen LogP contribution in [0.3, 0.4) is 0 Å². The molecule has 0 saturated carbocycles. The van der Waals surface area contributed by atoms with Crippen LogP contribution in [0.25, 0.3) is 0 Å². The minimum Gasteiger partial charge on any atom is -0.311 e. The van der Waals surface area contributed by atoms with Crippen molar-refractivity contribution in [3.05, 3.63) is 61.4 Å². The van der Waals surface area contributed by atoms with Gasteiger partial charge in [0.05, 0.1) is 16.2 Å². The van der Waals surface area contributed by atoms with Crippen LogP contribution >= 0.6 is 34.3 Å². The minimum atomic E-state index is -0.377. The van der Waals surface area contributed by atoms with Gasteiger partial charge in [0, 0.05) is 16.3 Å². The molecule has 0 radical (unpaired) electrons. The van der Waals surface area contributed by atoms with Crippen molar-refractivity contribution in [2.45, 2.75) is 20.3 Å². The van der Waals surface area contributed by atoms with Crippen molar-refractivity contribution < 1.29 is 9.18 Å². The lowest BCUT2D eigenvalue weighted by Crippen LogP contribution is -2.13. The molecule has 24 heavy (non-hydrogen) atoms. The third-order valence-corrected chi connectivity index (χ3v) is 5.35. The number of nitrogens with zero attached hydrogens (tertiary/aromatic N) is 2. The van der Waals surface area contributed by atoms with Crippen molar-refractivity contribution in [1.29, 1.82) is 0 Å². The van der Waals surface area contributed by atoms with Crippen LogP contribution in [-0.2, 0) is 6.42 Å². The molecule has 1 aromatic carbocycles. The second-order valence-corrected chi connectivity index (χ2v) is 7.77. The topological polar surface area (TPSA) is 54.9 Å². The number of rotatable bonds is 4. The molecule has 4 nitrogen and oxygen atoms in total. The maximum Gasteiger partial charge on any atom is 0.276 e. The van der Waals surface area contributed by atoms with Crippen molar-refractivity contribution >= 4 is 45.2 Å². The number of amides is 1. The molecule has 0 aliphatic heterocycles. The van der Waals surface area contributed by atoms with E-state index in [1.807, 2.05) is 13.8 Å². The van der Waals surface area contributed by atoms with E-state index >= 15 is 0 Å². The summed E-state index contributed by atoms with van der Waals surface area (Å²) in [5, 5.41) is 4.64. The van der Waals surface area contributed by atoms with E-state index in [1.165, 1.54) is 34.8 Å². The Kier molecular flexibility index (Phi) is 4.93. The fourth-order valence-corrected chi connectivity index (χ4v) is 4.03. The summed E-state index contributed by atoms with van der Waals surface area (Å²) in [7, 11) is 0. The van der Waals surface area contributed by atoms with E-state index < -0.39 is 0 Å². The van der Waals surface area contributed by atoms with Gasteiger partial charge in [-0.2, -0.15) is 0 Å². The highest BCUT2D eigenvalue weighted by Crippen LogP contribution is 2.27. The number of nitrogens with one attached hydrogen (secondary N) is 1. The number of carbonyl (C=O) groups is 1. The number of benzene rings is 1. The first-order valence-electron chi connectivity index (χ1n) is 7.05. The molecule has 3 rings (SSSR count). The SMILES string of the molecule is Cc1nc(Cc2cc(F)cc(Cl)c2)sc1NC(=O)c1ncsc1C. The summed E-state index contributed by atoms with van der Waals surface area (Å²) >= 11 is 8.66. The Balaban J connectivity index is 1.77. The quantitative estimate of drug-likeness (QED) is 0.702. The van der Waals surface area contributed by atoms with Gasteiger partial charge in [-0.25, -0.2) is 14.4 Å². The van der Waals surface area contributed by atoms with Crippen molar-refractivity contribution in [2.75, 3.05) is 5.32 Å². The molecule has 1 amide bonds. The molecule has 0 fully saturated rings. The highest BCUT2D eigenvalue weighted by atomic mass is 35.5. The molecule has 0 spiro atoms. The molecule has 124 valence electrons. The lowest BCUT2D eigenvalue weighted by atomic mass is 10.1. The second kappa shape index (κ2) is 6.96. The Labute approximate surface area is 151 Å². The molecule has 0 bridgehead atoms. The smallest absolute Gasteiger partial charge is 0.276 e. The van der Waals surface area contributed by atoms with E-state index in [9.17, 15) is 9.18 Å². The van der Waals surface area contributed by atoms with Crippen molar-refractivity contribution in [3.8, 4) is 0 Å². The molecule has 0 aliphatic carbocycles. The number of hydrogen-bond acceptors (Lipinski definition) is 5. The second-order valence-electron chi connectivity index (χ2n) is 5.19. The lowest BCUT2D eigenvalue weighted by molar-refractivity contribution is 0.102. The van der Waals surface area contributed by atoms with Gasteiger partial charge < -0.3 is 5.32 Å². The zero-order valence-electron chi connectivity index (χ0n) is 12.9. The molecule has 3 aromatic rings. The van der Waals surface area contributed by atoms with Crippen molar-refractivity contribution in [2.24, 2.45) is 0 Å². The molecule has 1 N–H and O–H groups in total. The average Bonchev–Trinajstić information content (AvgIpc) is 3.04. The number of aromatic nitrogens is 2. The first-order chi connectivity index (χ1) is 11.4. The molecular weight excluding hydrogens is 369 g/mol. The van der Waals surface area contributed by atoms with Crippen LogP contribution in [-0.4, -0.2) is 15.9 Å². The summed E-state index contributed by atoms with van der Waals surface area (Å²) in [6.07, 6.45) is 0.453. The van der Waals surface area contributed by atoms with Crippen molar-refractivity contribution in [3.63, 3.8) is 0 Å². The van der Waals surface area contributed by atoms with Gasteiger partial charge in [-0.3, -0.25) is 4.79 Å². The Morgan fingerprint density at radius 3 is 2.79 bits per heavy atom. The largest absolute Gasteiger partial charge is 0.311 e. The molecular formula is C16H13ClFN3OS2. The van der Waals surface area contributed by atoms with E-state index in [0.717, 1.165) is 21.1 Å². The van der Waals surface area contributed by atoms with Crippen LogP contribution in [0.2, 0.25) is 5.02 Å². The molecule has 0 aliphatic rings. The molecule has 0 saturated heterocycles. The van der Waals surface area contributed by atoms with Crippen LogP contribution < -0.4 is 5.32 Å². The number of carbonyl (C=O) groups excluding carboxylic acids is 1. The van der Waals surface area contributed by atoms with Gasteiger partial charge in [-0.1, -0.05) is 11.6 Å². The van der Waals surface area contributed by atoms with E-state index in [4.69, 9.17) is 11.6 Å². The van der Waals surface area contributed by atoms with E-state index in [2.05, 4.69) is 15.3 Å². The summed E-state index contributed by atoms with van der Waals surface area (Å²) in [5.74, 6) is -0.626. The number of aryl methyl sites for hydroxylation is 2. The van der Waals surface area contributed by atoms with Crippen LogP contribution in [0.15, 0.2) is 23.7 Å². The predicted octanol–water partition coefficient (Wildman–Crippen LogP) is 4.85. The molecule has 2 heterocycles. The van der Waals surface area contributed by atoms with Gasteiger partial charge in [-0.05, 0) is 37.6 Å². The zero-order chi connectivity index (χ0) is 17.3. The normalized spacial score (nSPS) is 10.8. The molecule has 2 aromatic heterocycles. The molecule has 0 unspecified atom stereocenters. The Bertz CT molecular complexity index is 886. The summed E-state index contributed by atoms with van der Waals surface area (Å²) in [5.41, 5.74) is 3.52. The van der Waals surface area contributed by atoms with Gasteiger partial charge in [0.15, 0.2) is 0 Å². The highest BCUT2D eigenvalue weighted by molar-refractivity contribution is 7.16. The zero-order valence-corrected chi connectivity index (χ0v) is 15.3. The lowest BCUT2D eigenvalue weighted by Gasteiger charge is -2.01. The number of anilines is 1. The standard InChI is InChI=1S/C16H13ClFN3OS2/c1-8-16(21-15(22)14-9(2)23-7-19-14)24-13(20-8)5-10-3-11(17)6-12(18)4-10/h3-4,6-7H,5H2,1-2H3,(H,21,22). The third kappa shape index (κ3) is 3.80. The fraction of sp³-hybridized carbons (Fsp3) is 0.188. The van der Waals surface area contributed by atoms with Gasteiger partial charge in [0.2, 0.25) is 0 Å². The summed E-state index contributed by atoms with van der Waals surface area (Å²) < 4.78 is 13.4. The monoisotopic (exact) mass is 381 g/mol. The van der Waals surface area contributed by atoms with Gasteiger partial charge in [0.1, 0.15) is 16.5 Å². The minimum absolute atomic E-state index is 0.249. The van der Waals surface area contributed by atoms with Crippen LogP contribution in [0.4, 0.5) is 9.39 Å². The number of halogens is 2. The van der Waals surface area contributed by atoms with Crippen LogP contribution in [0, 0.1) is 19.7 Å². The van der Waals surface area contributed by atoms with Gasteiger partial charge >= 0.3 is 0 Å². The fourth-order valence-electron chi connectivity index (χ4n) is 2.22. The van der Waals surface area contributed by atoms with Gasteiger partial charge in [-0.15, -0.1) is 22.7 Å².